The maximum atomic E-state index is 11.7. The van der Waals surface area contributed by atoms with Gasteiger partial charge in [0.05, 0.1) is 0 Å². The van der Waals surface area contributed by atoms with Gasteiger partial charge in [0, 0.05) is 23.5 Å². The summed E-state index contributed by atoms with van der Waals surface area (Å²) in [6.45, 7) is 5.36. The van der Waals surface area contributed by atoms with Crippen LogP contribution in [0.1, 0.15) is 6.92 Å². The van der Waals surface area contributed by atoms with Gasteiger partial charge in [0.15, 0.2) is 0 Å². The van der Waals surface area contributed by atoms with Gasteiger partial charge in [0.25, 0.3) is 5.91 Å². The van der Waals surface area contributed by atoms with E-state index in [0.717, 1.165) is 16.7 Å². The first-order chi connectivity index (χ1) is 7.59. The number of carbonyl (C=O) groups excluding carboxylic acids is 1. The summed E-state index contributed by atoms with van der Waals surface area (Å²) in [6, 6.07) is 9.88. The Hall–Kier alpha value is -1.74. The van der Waals surface area contributed by atoms with Gasteiger partial charge >= 0.3 is 0 Å². The van der Waals surface area contributed by atoms with Gasteiger partial charge in [-0.15, -0.1) is 12.4 Å². The van der Waals surface area contributed by atoms with Crippen molar-refractivity contribution in [3.05, 3.63) is 42.5 Å². The van der Waals surface area contributed by atoms with Crippen LogP contribution in [0, 0.1) is 0 Å². The molecular formula is C13H15ClN2O. The number of likely N-dealkylation sites (N-methyl/N-ethyl adjacent to an activating group) is 1. The number of halogens is 1. The number of anilines is 1. The zero-order chi connectivity index (χ0) is 11.7. The van der Waals surface area contributed by atoms with Crippen LogP contribution >= 0.6 is 12.4 Å². The molecule has 4 heteroatoms. The number of fused-ring (bicyclic) bond motifs is 1. The molecule has 1 N–H and O–H groups in total. The van der Waals surface area contributed by atoms with E-state index in [2.05, 4.69) is 11.6 Å². The second-order valence-electron chi connectivity index (χ2n) is 3.89. The first kappa shape index (κ1) is 13.3. The first-order valence-corrected chi connectivity index (χ1v) is 5.11. The van der Waals surface area contributed by atoms with Crippen LogP contribution in [0.5, 0.6) is 0 Å². The zero-order valence-corrected chi connectivity index (χ0v) is 10.7. The normalized spacial score (nSPS) is 9.76. The number of aromatic nitrogens is 1. The minimum absolute atomic E-state index is 0. The molecule has 3 nitrogen and oxygen atoms in total. The highest BCUT2D eigenvalue weighted by atomic mass is 35.5. The minimum Gasteiger partial charge on any atom is -0.341 e. The number of nitrogens with zero attached hydrogens (tertiary/aromatic N) is 1. The summed E-state index contributed by atoms with van der Waals surface area (Å²) < 4.78 is 0. The fraction of sp³-hybridized carbons (Fsp3) is 0.154. The van der Waals surface area contributed by atoms with Crippen molar-refractivity contribution in [1.29, 1.82) is 0 Å². The van der Waals surface area contributed by atoms with Crippen molar-refractivity contribution >= 4 is 35.0 Å². The third-order valence-corrected chi connectivity index (χ3v) is 2.55. The average Bonchev–Trinajstić information content (AvgIpc) is 2.70. The van der Waals surface area contributed by atoms with Gasteiger partial charge in [0.1, 0.15) is 5.82 Å². The number of rotatable bonds is 2. The SMILES string of the molecule is C=C(C)C(=O)N(C)c1cc2ccccc2[nH]1.Cl. The molecule has 0 fully saturated rings. The van der Waals surface area contributed by atoms with Crippen molar-refractivity contribution in [1.82, 2.24) is 4.98 Å². The molecule has 0 aliphatic carbocycles. The lowest BCUT2D eigenvalue weighted by Gasteiger charge is -2.14. The Morgan fingerprint density at radius 3 is 2.59 bits per heavy atom. The molecule has 0 spiro atoms. The van der Waals surface area contributed by atoms with E-state index in [-0.39, 0.29) is 18.3 Å². The third-order valence-electron chi connectivity index (χ3n) is 2.55. The second-order valence-corrected chi connectivity index (χ2v) is 3.89. The van der Waals surface area contributed by atoms with Crippen molar-refractivity contribution in [3.8, 4) is 0 Å². The van der Waals surface area contributed by atoms with E-state index >= 15 is 0 Å². The number of hydrogen-bond acceptors (Lipinski definition) is 1. The number of para-hydroxylation sites is 1. The van der Waals surface area contributed by atoms with Crippen LogP contribution in [0.4, 0.5) is 5.82 Å². The molecule has 1 heterocycles. The number of amides is 1. The number of nitrogens with one attached hydrogen (secondary N) is 1. The molecule has 0 unspecified atom stereocenters. The Morgan fingerprint density at radius 1 is 1.35 bits per heavy atom. The van der Waals surface area contributed by atoms with Crippen LogP contribution in [-0.4, -0.2) is 17.9 Å². The Labute approximate surface area is 107 Å². The minimum atomic E-state index is -0.0773. The Bertz CT molecular complexity index is 526. The van der Waals surface area contributed by atoms with Crippen LogP contribution in [-0.2, 0) is 4.79 Å². The molecule has 2 rings (SSSR count). The molecular weight excluding hydrogens is 236 g/mol. The molecule has 1 amide bonds. The topological polar surface area (TPSA) is 36.1 Å². The summed E-state index contributed by atoms with van der Waals surface area (Å²) in [6.07, 6.45) is 0. The molecule has 0 aliphatic rings. The van der Waals surface area contributed by atoms with Crippen molar-refractivity contribution in [2.75, 3.05) is 11.9 Å². The molecule has 17 heavy (non-hydrogen) atoms. The molecule has 1 aromatic heterocycles. The Balaban J connectivity index is 0.00000144. The summed E-state index contributed by atoms with van der Waals surface area (Å²) >= 11 is 0. The standard InChI is InChI=1S/C13H14N2O.ClH/c1-9(2)13(16)15(3)12-8-10-6-4-5-7-11(10)14-12;/h4-8,14H,1H2,2-3H3;1H. The van der Waals surface area contributed by atoms with Gasteiger partial charge in [-0.2, -0.15) is 0 Å². The summed E-state index contributed by atoms with van der Waals surface area (Å²) in [5, 5.41) is 1.10. The van der Waals surface area contributed by atoms with Gasteiger partial charge < -0.3 is 4.98 Å². The average molecular weight is 251 g/mol. The van der Waals surface area contributed by atoms with Crippen LogP contribution in [0.15, 0.2) is 42.5 Å². The molecule has 2 aromatic rings. The maximum Gasteiger partial charge on any atom is 0.254 e. The highest BCUT2D eigenvalue weighted by molar-refractivity contribution is 6.05. The lowest BCUT2D eigenvalue weighted by atomic mass is 10.2. The van der Waals surface area contributed by atoms with E-state index in [1.165, 1.54) is 0 Å². The molecule has 0 saturated heterocycles. The van der Waals surface area contributed by atoms with Crippen molar-refractivity contribution in [2.45, 2.75) is 6.92 Å². The molecule has 0 saturated carbocycles. The monoisotopic (exact) mass is 250 g/mol. The molecule has 0 atom stereocenters. The van der Waals surface area contributed by atoms with E-state index in [1.54, 1.807) is 18.9 Å². The fourth-order valence-corrected chi connectivity index (χ4v) is 1.63. The Morgan fingerprint density at radius 2 is 2.00 bits per heavy atom. The number of hydrogen-bond donors (Lipinski definition) is 1. The van der Waals surface area contributed by atoms with Crippen LogP contribution < -0.4 is 4.90 Å². The van der Waals surface area contributed by atoms with E-state index in [9.17, 15) is 4.79 Å². The number of benzene rings is 1. The summed E-state index contributed by atoms with van der Waals surface area (Å²) in [5.41, 5.74) is 1.56. The van der Waals surface area contributed by atoms with Crippen molar-refractivity contribution in [2.24, 2.45) is 0 Å². The lowest BCUT2D eigenvalue weighted by molar-refractivity contribution is -0.114. The highest BCUT2D eigenvalue weighted by Crippen LogP contribution is 2.21. The molecule has 90 valence electrons. The smallest absolute Gasteiger partial charge is 0.254 e. The summed E-state index contributed by atoms with van der Waals surface area (Å²) in [5.74, 6) is 0.709. The number of carbonyl (C=O) groups is 1. The predicted molar refractivity (Wildman–Crippen MR) is 73.8 cm³/mol. The lowest BCUT2D eigenvalue weighted by Crippen LogP contribution is -2.26. The molecule has 0 bridgehead atoms. The number of aromatic amines is 1. The highest BCUT2D eigenvalue weighted by Gasteiger charge is 2.13. The van der Waals surface area contributed by atoms with Crippen molar-refractivity contribution in [3.63, 3.8) is 0 Å². The van der Waals surface area contributed by atoms with Crippen LogP contribution in [0.3, 0.4) is 0 Å². The molecule has 0 aliphatic heterocycles. The number of H-pyrrole nitrogens is 1. The molecule has 1 aromatic carbocycles. The Kier molecular flexibility index (Phi) is 3.97. The summed E-state index contributed by atoms with van der Waals surface area (Å²) in [4.78, 5) is 16.5. The largest absolute Gasteiger partial charge is 0.341 e. The van der Waals surface area contributed by atoms with Gasteiger partial charge in [-0.05, 0) is 19.1 Å². The van der Waals surface area contributed by atoms with Gasteiger partial charge in [-0.1, -0.05) is 24.8 Å². The molecule has 0 radical (unpaired) electrons. The van der Waals surface area contributed by atoms with Crippen LogP contribution in [0.2, 0.25) is 0 Å². The second kappa shape index (κ2) is 5.06. The van der Waals surface area contributed by atoms with E-state index in [0.29, 0.717) is 5.57 Å². The van der Waals surface area contributed by atoms with Gasteiger partial charge in [-0.25, -0.2) is 0 Å². The maximum absolute atomic E-state index is 11.7. The van der Waals surface area contributed by atoms with E-state index in [4.69, 9.17) is 0 Å². The van der Waals surface area contributed by atoms with E-state index in [1.807, 2.05) is 30.3 Å². The zero-order valence-electron chi connectivity index (χ0n) is 9.86. The quantitative estimate of drug-likeness (QED) is 0.817. The fourth-order valence-electron chi connectivity index (χ4n) is 1.63. The van der Waals surface area contributed by atoms with Crippen LogP contribution in [0.25, 0.3) is 10.9 Å². The predicted octanol–water partition coefficient (Wildman–Crippen LogP) is 3.13. The first-order valence-electron chi connectivity index (χ1n) is 5.11. The van der Waals surface area contributed by atoms with E-state index < -0.39 is 0 Å². The van der Waals surface area contributed by atoms with Gasteiger partial charge in [0.2, 0.25) is 0 Å². The van der Waals surface area contributed by atoms with Gasteiger partial charge in [-0.3, -0.25) is 9.69 Å². The summed E-state index contributed by atoms with van der Waals surface area (Å²) in [7, 11) is 1.74. The van der Waals surface area contributed by atoms with Crippen molar-refractivity contribution < 1.29 is 4.79 Å². The third kappa shape index (κ3) is 2.50.